The van der Waals surface area contributed by atoms with Crippen LogP contribution in [0.3, 0.4) is 0 Å². The van der Waals surface area contributed by atoms with Gasteiger partial charge in [0.25, 0.3) is 0 Å². The van der Waals surface area contributed by atoms with Gasteiger partial charge in [-0.1, -0.05) is 68.0 Å². The second-order valence-electron chi connectivity index (χ2n) is 14.8. The number of aliphatic hydroxyl groups excluding tert-OH is 2. The first-order valence-electron chi connectivity index (χ1n) is 18.0. The molecule has 0 amide bonds. The number of allylic oxidation sites excluding steroid dienone is 3. The van der Waals surface area contributed by atoms with Gasteiger partial charge in [-0.25, -0.2) is 4.58 Å². The summed E-state index contributed by atoms with van der Waals surface area (Å²) in [6, 6.07) is 0. The average molecular weight is 735 g/mol. The molecule has 2 atom stereocenters. The van der Waals surface area contributed by atoms with E-state index >= 15 is 0 Å². The van der Waals surface area contributed by atoms with E-state index in [0.717, 1.165) is 37.7 Å². The standard InChI is InChI=1S/C10H22NO.C8H16O2.C8H14O.C5H11N.C5H10O.C3H6O.C2H7N.H2O/c1-8(2)6-10(12)7-9(3)11(4)5;1-6(2)4-8(10)5-7(3)9;1-7(2)5-4-6-8(3)9;1-5(2)6(3)4;1-5(2)3-4-6;1-3(2)4;1-3-2;/h8,10,12H,6-7H2,1-5H3;6,8,10H,4-5H2,1-3H3;4,6-7H,5H2,1-3H3;1H2,2-4H3;4-5H,3H2,1-2H3;1-2H3;3H,1-2H3;1H2/q+1;;;;;;;/b;;6-4+;;;;;. The van der Waals surface area contributed by atoms with E-state index < -0.39 is 6.10 Å². The van der Waals surface area contributed by atoms with Crippen LogP contribution in [0.4, 0.5) is 0 Å². The predicted octanol–water partition coefficient (Wildman–Crippen LogP) is 6.99. The molecule has 0 aromatic carbocycles. The summed E-state index contributed by atoms with van der Waals surface area (Å²) in [7, 11) is 11.7. The number of nitrogens with one attached hydrogen (secondary N) is 1. The van der Waals surface area contributed by atoms with Crippen molar-refractivity contribution in [2.75, 3.05) is 42.3 Å². The van der Waals surface area contributed by atoms with Gasteiger partial charge in [0, 0.05) is 39.6 Å². The van der Waals surface area contributed by atoms with Gasteiger partial charge in [0.2, 0.25) is 0 Å². The molecular weight excluding hydrogens is 646 g/mol. The zero-order valence-electron chi connectivity index (χ0n) is 37.1. The minimum atomic E-state index is -0.433. The van der Waals surface area contributed by atoms with Crippen molar-refractivity contribution in [3.63, 3.8) is 0 Å². The second kappa shape index (κ2) is 47.5. The third kappa shape index (κ3) is 106. The van der Waals surface area contributed by atoms with Gasteiger partial charge in [-0.15, -0.1) is 0 Å². The van der Waals surface area contributed by atoms with Gasteiger partial charge in [0.15, 0.2) is 11.5 Å². The Morgan fingerprint density at radius 1 is 0.725 bits per heavy atom. The molecule has 0 radical (unpaired) electrons. The lowest BCUT2D eigenvalue weighted by atomic mass is 10.0. The average Bonchev–Trinajstić information content (AvgIpc) is 2.88. The quantitative estimate of drug-likeness (QED) is 0.0746. The van der Waals surface area contributed by atoms with Gasteiger partial charge in [0.05, 0.1) is 18.6 Å². The van der Waals surface area contributed by atoms with Crippen molar-refractivity contribution in [3.05, 3.63) is 24.4 Å². The molecule has 0 aliphatic carbocycles. The number of carbonyl (C=O) groups is 4. The molecule has 51 heavy (non-hydrogen) atoms. The van der Waals surface area contributed by atoms with Gasteiger partial charge in [-0.3, -0.25) is 9.59 Å². The summed E-state index contributed by atoms with van der Waals surface area (Å²) in [5.41, 5.74) is 2.33. The normalized spacial score (nSPS) is 10.6. The number of hydrogen-bond acceptors (Lipinski definition) is 8. The number of aliphatic hydroxyl groups is 2. The summed E-state index contributed by atoms with van der Waals surface area (Å²) < 4.78 is 2.06. The van der Waals surface area contributed by atoms with Crippen molar-refractivity contribution in [2.45, 2.75) is 148 Å². The van der Waals surface area contributed by atoms with Crippen LogP contribution in [0.15, 0.2) is 24.4 Å². The van der Waals surface area contributed by atoms with Crippen LogP contribution in [0, 0.1) is 23.7 Å². The van der Waals surface area contributed by atoms with Crippen LogP contribution in [0.25, 0.3) is 0 Å². The largest absolute Gasteiger partial charge is 0.412 e. The van der Waals surface area contributed by atoms with Crippen LogP contribution < -0.4 is 5.32 Å². The van der Waals surface area contributed by atoms with Crippen LogP contribution in [-0.4, -0.2) is 109 Å². The summed E-state index contributed by atoms with van der Waals surface area (Å²) >= 11 is 0. The molecule has 0 rings (SSSR count). The smallest absolute Gasteiger partial charge is 0.152 e. The van der Waals surface area contributed by atoms with Crippen molar-refractivity contribution in [1.29, 1.82) is 0 Å². The van der Waals surface area contributed by atoms with Gasteiger partial charge >= 0.3 is 0 Å². The van der Waals surface area contributed by atoms with Crippen LogP contribution in [0.5, 0.6) is 0 Å². The number of nitrogens with zero attached hydrogens (tertiary/aromatic N) is 2. The Bertz CT molecular complexity index is 870. The van der Waals surface area contributed by atoms with Crippen molar-refractivity contribution in [3.8, 4) is 0 Å². The molecule has 0 saturated heterocycles. The highest BCUT2D eigenvalue weighted by atomic mass is 16.3. The molecule has 5 N–H and O–H groups in total. The van der Waals surface area contributed by atoms with E-state index in [1.165, 1.54) is 26.5 Å². The predicted molar refractivity (Wildman–Crippen MR) is 222 cm³/mol. The van der Waals surface area contributed by atoms with E-state index in [-0.39, 0.29) is 28.9 Å². The lowest BCUT2D eigenvalue weighted by Gasteiger charge is -2.11. The first-order valence-corrected chi connectivity index (χ1v) is 18.0. The number of aldehydes is 1. The topological polar surface area (TPSA) is 159 Å². The number of rotatable bonds is 14. The highest BCUT2D eigenvalue weighted by molar-refractivity contribution is 5.87. The maximum atomic E-state index is 10.5. The molecule has 2 unspecified atom stereocenters. The molecule has 0 heterocycles. The minimum absolute atomic E-state index is 0. The Balaban J connectivity index is -0.0000000731. The SMILES string of the molecule is C=C(C)N(C)C.CC(=O)/C=C/CC(C)C.CC(=O)CC(O)CC(C)C.CC(C)=O.CC(C)CC=O.CC(CC(O)CC(C)C)=[N+](C)C.CNC.O. The number of hydrogen-bond donors (Lipinski definition) is 3. The molecule has 308 valence electrons. The molecule has 0 spiro atoms. The first kappa shape index (κ1) is 66.7. The molecule has 0 aliphatic heterocycles. The Labute approximate surface area is 316 Å². The Hall–Kier alpha value is -2.53. The molecule has 0 aromatic rings. The van der Waals surface area contributed by atoms with Crippen LogP contribution >= 0.6 is 0 Å². The van der Waals surface area contributed by atoms with Crippen LogP contribution in [-0.2, 0) is 19.2 Å². The first-order chi connectivity index (χ1) is 22.6. The molecule has 10 heteroatoms. The molecule has 10 nitrogen and oxygen atoms in total. The molecule has 0 saturated carbocycles. The monoisotopic (exact) mass is 735 g/mol. The van der Waals surface area contributed by atoms with E-state index in [2.05, 4.69) is 51.1 Å². The maximum Gasteiger partial charge on any atom is 0.152 e. The molecule has 0 aromatic heterocycles. The Morgan fingerprint density at radius 3 is 1.22 bits per heavy atom. The summed E-state index contributed by atoms with van der Waals surface area (Å²) in [5, 5.41) is 21.5. The van der Waals surface area contributed by atoms with Crippen LogP contribution in [0.1, 0.15) is 135 Å². The van der Waals surface area contributed by atoms with Gasteiger partial charge in [-0.05, 0) is 97.7 Å². The summed E-state index contributed by atoms with van der Waals surface area (Å²) in [4.78, 5) is 41.8. The summed E-state index contributed by atoms with van der Waals surface area (Å²) in [5.74, 6) is 2.59. The Kier molecular flexibility index (Phi) is 62.1. The van der Waals surface area contributed by atoms with Crippen LogP contribution in [0.2, 0.25) is 0 Å². The minimum Gasteiger partial charge on any atom is -0.412 e. The third-order valence-corrected chi connectivity index (χ3v) is 5.60. The molecule has 0 fully saturated rings. The second-order valence-corrected chi connectivity index (χ2v) is 14.8. The maximum absolute atomic E-state index is 10.5. The number of ketones is 3. The molecule has 0 aliphatic rings. The summed E-state index contributed by atoms with van der Waals surface area (Å²) in [6.45, 7) is 30.5. The van der Waals surface area contributed by atoms with Crippen molar-refractivity contribution in [1.82, 2.24) is 10.2 Å². The lowest BCUT2D eigenvalue weighted by Crippen LogP contribution is -2.19. The van der Waals surface area contributed by atoms with Crippen molar-refractivity contribution >= 4 is 29.3 Å². The zero-order valence-corrected chi connectivity index (χ0v) is 37.1. The highest BCUT2D eigenvalue weighted by Gasteiger charge is 2.11. The fourth-order valence-corrected chi connectivity index (χ4v) is 2.81. The third-order valence-electron chi connectivity index (χ3n) is 5.60. The van der Waals surface area contributed by atoms with Crippen molar-refractivity contribution < 1.29 is 39.4 Å². The van der Waals surface area contributed by atoms with Gasteiger partial charge < -0.3 is 35.5 Å². The lowest BCUT2D eigenvalue weighted by molar-refractivity contribution is -0.466. The van der Waals surface area contributed by atoms with E-state index in [1.54, 1.807) is 13.0 Å². The fourth-order valence-electron chi connectivity index (χ4n) is 2.81. The van der Waals surface area contributed by atoms with E-state index in [4.69, 9.17) is 5.11 Å². The van der Waals surface area contributed by atoms with E-state index in [9.17, 15) is 24.3 Å². The number of Topliss-reactive ketones (excluding diaryl/α,β-unsaturated/α-hetero) is 2. The summed E-state index contributed by atoms with van der Waals surface area (Å²) in [6.07, 6.45) is 8.30. The van der Waals surface area contributed by atoms with Gasteiger partial charge in [-0.2, -0.15) is 0 Å². The van der Waals surface area contributed by atoms with E-state index in [1.807, 2.05) is 87.9 Å². The fraction of sp³-hybridized carbons (Fsp3) is 0.780. The van der Waals surface area contributed by atoms with Crippen molar-refractivity contribution in [2.24, 2.45) is 23.7 Å². The highest BCUT2D eigenvalue weighted by Crippen LogP contribution is 2.08. The zero-order chi connectivity index (χ0) is 41.6. The Morgan fingerprint density at radius 2 is 1.04 bits per heavy atom. The van der Waals surface area contributed by atoms with Gasteiger partial charge in [0.1, 0.15) is 31.9 Å². The molecular formula is C41H88N3O7+. The molecule has 0 bridgehead atoms. The number of carbonyl (C=O) groups excluding carboxylic acids is 4. The van der Waals surface area contributed by atoms with E-state index in [0.29, 0.717) is 36.5 Å².